The van der Waals surface area contributed by atoms with Crippen LogP contribution in [0.4, 0.5) is 0 Å². The van der Waals surface area contributed by atoms with Crippen molar-refractivity contribution in [2.24, 2.45) is 17.3 Å². The highest BCUT2D eigenvalue weighted by molar-refractivity contribution is 5.84. The number of rotatable bonds is 4. The molecule has 3 aliphatic rings. The van der Waals surface area contributed by atoms with Crippen LogP contribution in [0.3, 0.4) is 0 Å². The fraction of sp³-hybridized carbons (Fsp3) is 0.467. The van der Waals surface area contributed by atoms with Crippen molar-refractivity contribution in [1.29, 1.82) is 0 Å². The van der Waals surface area contributed by atoms with Gasteiger partial charge in [0.05, 0.1) is 7.11 Å². The van der Waals surface area contributed by atoms with Gasteiger partial charge in [0.15, 0.2) is 0 Å². The second kappa shape index (κ2) is 8.06. The minimum Gasteiger partial charge on any atom is -0.508 e. The number of aromatic hydroxyl groups is 1. The Bertz CT molecular complexity index is 1190. The second-order valence-electron chi connectivity index (χ2n) is 10.9. The van der Waals surface area contributed by atoms with E-state index in [0.29, 0.717) is 23.1 Å². The van der Waals surface area contributed by atoms with Crippen LogP contribution in [0.15, 0.2) is 54.6 Å². The van der Waals surface area contributed by atoms with Crippen molar-refractivity contribution in [3.63, 3.8) is 0 Å². The Hall–Kier alpha value is -2.52. The Morgan fingerprint density at radius 2 is 1.82 bits per heavy atom. The van der Waals surface area contributed by atoms with Gasteiger partial charge in [-0.3, -0.25) is 0 Å². The summed E-state index contributed by atoms with van der Waals surface area (Å²) < 4.78 is 5.49. The quantitative estimate of drug-likeness (QED) is 0.481. The zero-order valence-electron chi connectivity index (χ0n) is 19.8. The fourth-order valence-corrected chi connectivity index (χ4v) is 7.67. The van der Waals surface area contributed by atoms with E-state index < -0.39 is 0 Å². The third-order valence-electron chi connectivity index (χ3n) is 9.42. The Kier molecular flexibility index (Phi) is 5.14. The maximum absolute atomic E-state index is 10.6. The molecule has 0 aromatic heterocycles. The van der Waals surface area contributed by atoms with Crippen LogP contribution in [0.25, 0.3) is 10.8 Å². The molecule has 5 atom stereocenters. The van der Waals surface area contributed by atoms with Crippen LogP contribution >= 0.6 is 0 Å². The van der Waals surface area contributed by atoms with Gasteiger partial charge in [-0.25, -0.2) is 0 Å². The first-order valence-corrected chi connectivity index (χ1v) is 12.7. The minimum absolute atomic E-state index is 0.345. The second-order valence-corrected chi connectivity index (χ2v) is 10.9. The normalized spacial score (nSPS) is 30.5. The van der Waals surface area contributed by atoms with Crippen molar-refractivity contribution in [2.45, 2.75) is 64.0 Å². The lowest BCUT2D eigenvalue weighted by atomic mass is 9.55. The Balaban J connectivity index is 1.20. The monoisotopic (exact) mass is 441 g/mol. The van der Waals surface area contributed by atoms with Gasteiger partial charge in [-0.05, 0) is 108 Å². The Morgan fingerprint density at radius 1 is 1.00 bits per heavy atom. The number of fused-ring (bicyclic) bond motifs is 6. The SMILES string of the molecule is COc1ccc2c(c1)CC[C@@H]1[C@@H]2CC[C@]2(C)[C@H](NCc3cc4ccccc4cc3O)CC[C@@H]12. The molecule has 0 radical (unpaired) electrons. The van der Waals surface area contributed by atoms with Crippen LogP contribution in [0.5, 0.6) is 11.5 Å². The first-order valence-electron chi connectivity index (χ1n) is 12.7. The van der Waals surface area contributed by atoms with E-state index in [4.69, 9.17) is 4.74 Å². The number of nitrogens with one attached hydrogen (secondary N) is 1. The van der Waals surface area contributed by atoms with Gasteiger partial charge in [0, 0.05) is 18.2 Å². The lowest BCUT2D eigenvalue weighted by Gasteiger charge is -2.51. The lowest BCUT2D eigenvalue weighted by Crippen LogP contribution is -2.48. The summed E-state index contributed by atoms with van der Waals surface area (Å²) in [7, 11) is 1.77. The fourth-order valence-electron chi connectivity index (χ4n) is 7.67. The van der Waals surface area contributed by atoms with Crippen molar-refractivity contribution < 1.29 is 9.84 Å². The van der Waals surface area contributed by atoms with Gasteiger partial charge in [-0.15, -0.1) is 0 Å². The van der Waals surface area contributed by atoms with Gasteiger partial charge in [0.2, 0.25) is 0 Å². The first kappa shape index (κ1) is 21.0. The lowest BCUT2D eigenvalue weighted by molar-refractivity contribution is 0.0408. The molecule has 0 aliphatic heterocycles. The molecule has 172 valence electrons. The smallest absolute Gasteiger partial charge is 0.120 e. The summed E-state index contributed by atoms with van der Waals surface area (Å²) in [6.45, 7) is 3.28. The van der Waals surface area contributed by atoms with Gasteiger partial charge in [0.1, 0.15) is 11.5 Å². The Morgan fingerprint density at radius 3 is 2.64 bits per heavy atom. The largest absolute Gasteiger partial charge is 0.508 e. The average Bonchev–Trinajstić information content (AvgIpc) is 3.18. The van der Waals surface area contributed by atoms with E-state index >= 15 is 0 Å². The molecule has 3 aliphatic carbocycles. The van der Waals surface area contributed by atoms with Crippen molar-refractivity contribution in [3.8, 4) is 11.5 Å². The third kappa shape index (κ3) is 3.44. The number of phenolic OH excluding ortho intramolecular Hbond substituents is 1. The molecule has 0 bridgehead atoms. The molecule has 3 aromatic rings. The molecule has 3 nitrogen and oxygen atoms in total. The van der Waals surface area contributed by atoms with E-state index in [9.17, 15) is 5.11 Å². The van der Waals surface area contributed by atoms with Crippen LogP contribution in [-0.4, -0.2) is 18.3 Å². The maximum atomic E-state index is 10.6. The molecule has 3 aromatic carbocycles. The topological polar surface area (TPSA) is 41.5 Å². The Labute approximate surface area is 197 Å². The maximum Gasteiger partial charge on any atom is 0.120 e. The van der Waals surface area contributed by atoms with Gasteiger partial charge in [-0.2, -0.15) is 0 Å². The van der Waals surface area contributed by atoms with Crippen LogP contribution in [0, 0.1) is 17.3 Å². The number of ether oxygens (including phenoxy) is 1. The number of aryl methyl sites for hydroxylation is 1. The zero-order valence-corrected chi connectivity index (χ0v) is 19.8. The number of benzene rings is 3. The third-order valence-corrected chi connectivity index (χ3v) is 9.42. The highest BCUT2D eigenvalue weighted by Gasteiger charge is 2.54. The molecule has 33 heavy (non-hydrogen) atoms. The molecule has 2 fully saturated rings. The van der Waals surface area contributed by atoms with Crippen LogP contribution in [0.1, 0.15) is 61.6 Å². The van der Waals surface area contributed by atoms with Gasteiger partial charge >= 0.3 is 0 Å². The summed E-state index contributed by atoms with van der Waals surface area (Å²) in [4.78, 5) is 0. The molecule has 0 amide bonds. The van der Waals surface area contributed by atoms with Crippen LogP contribution < -0.4 is 10.1 Å². The van der Waals surface area contributed by atoms with E-state index in [0.717, 1.165) is 35.1 Å². The highest BCUT2D eigenvalue weighted by atomic mass is 16.5. The van der Waals surface area contributed by atoms with E-state index in [1.165, 1.54) is 49.5 Å². The summed E-state index contributed by atoms with van der Waals surface area (Å²) in [6, 6.07) is 19.6. The molecule has 0 spiro atoms. The molecule has 0 unspecified atom stereocenters. The average molecular weight is 442 g/mol. The summed E-state index contributed by atoms with van der Waals surface area (Å²) in [5, 5.41) is 16.8. The summed E-state index contributed by atoms with van der Waals surface area (Å²) in [5.41, 5.74) is 4.46. The highest BCUT2D eigenvalue weighted by Crippen LogP contribution is 2.61. The molecule has 6 rings (SSSR count). The predicted molar refractivity (Wildman–Crippen MR) is 134 cm³/mol. The standard InChI is InChI=1S/C30H35NO2/c1-30-14-13-25-24-10-8-23(33-2)16-21(24)7-9-26(25)27(30)11-12-29(30)31-18-22-15-19-5-3-4-6-20(19)17-28(22)32/h3-6,8,10,15-17,25-27,29,31-32H,7,9,11-14,18H2,1-2H3/t25-,26-,27+,29-,30+/m1/s1. The zero-order chi connectivity index (χ0) is 22.6. The molecule has 0 saturated heterocycles. The number of hydrogen-bond acceptors (Lipinski definition) is 3. The summed E-state index contributed by atoms with van der Waals surface area (Å²) >= 11 is 0. The van der Waals surface area contributed by atoms with Crippen molar-refractivity contribution >= 4 is 10.8 Å². The minimum atomic E-state index is 0.345. The van der Waals surface area contributed by atoms with E-state index in [1.54, 1.807) is 12.7 Å². The van der Waals surface area contributed by atoms with Crippen LogP contribution in [-0.2, 0) is 13.0 Å². The van der Waals surface area contributed by atoms with Gasteiger partial charge < -0.3 is 15.2 Å². The molecule has 2 N–H and O–H groups in total. The first-order chi connectivity index (χ1) is 16.1. The van der Waals surface area contributed by atoms with Crippen molar-refractivity contribution in [2.75, 3.05) is 7.11 Å². The number of methoxy groups -OCH3 is 1. The molecule has 0 heterocycles. The predicted octanol–water partition coefficient (Wildman–Crippen LogP) is 6.57. The summed E-state index contributed by atoms with van der Waals surface area (Å²) in [5.74, 6) is 3.69. The van der Waals surface area contributed by atoms with Crippen LogP contribution in [0.2, 0.25) is 0 Å². The van der Waals surface area contributed by atoms with Gasteiger partial charge in [0.25, 0.3) is 0 Å². The molecular formula is C30H35NO2. The molecular weight excluding hydrogens is 406 g/mol. The van der Waals surface area contributed by atoms with E-state index in [1.807, 2.05) is 12.1 Å². The number of phenols is 1. The molecule has 2 saturated carbocycles. The van der Waals surface area contributed by atoms with Crippen molar-refractivity contribution in [3.05, 3.63) is 71.3 Å². The van der Waals surface area contributed by atoms with E-state index in [-0.39, 0.29) is 0 Å². The number of hydrogen-bond donors (Lipinski definition) is 2. The molecule has 3 heteroatoms. The van der Waals surface area contributed by atoms with Crippen molar-refractivity contribution in [1.82, 2.24) is 5.32 Å². The summed E-state index contributed by atoms with van der Waals surface area (Å²) in [6.07, 6.45) is 7.63. The van der Waals surface area contributed by atoms with Gasteiger partial charge in [-0.1, -0.05) is 37.3 Å². The van der Waals surface area contributed by atoms with E-state index in [2.05, 4.69) is 54.7 Å².